The van der Waals surface area contributed by atoms with Crippen molar-refractivity contribution in [2.75, 3.05) is 33.4 Å². The Labute approximate surface area is 95.0 Å². The molecule has 0 bridgehead atoms. The first-order valence-electron chi connectivity index (χ1n) is 6.09. The van der Waals surface area contributed by atoms with Crippen molar-refractivity contribution in [3.8, 4) is 0 Å². The number of rotatable bonds is 9. The van der Waals surface area contributed by atoms with E-state index in [2.05, 4.69) is 32.7 Å². The SMILES string of the molecule is CCCCOCCN(C)C(C)(CC)CN. The molecule has 0 aromatic carbocycles. The molecule has 0 aliphatic rings. The first kappa shape index (κ1) is 14.9. The van der Waals surface area contributed by atoms with E-state index in [0.29, 0.717) is 6.54 Å². The molecular weight excluding hydrogens is 188 g/mol. The summed E-state index contributed by atoms with van der Waals surface area (Å²) in [6.07, 6.45) is 3.44. The zero-order chi connectivity index (χ0) is 11.7. The van der Waals surface area contributed by atoms with Gasteiger partial charge in [-0.05, 0) is 26.8 Å². The van der Waals surface area contributed by atoms with E-state index in [0.717, 1.165) is 32.6 Å². The van der Waals surface area contributed by atoms with Crippen LogP contribution in [0.1, 0.15) is 40.0 Å². The van der Waals surface area contributed by atoms with Gasteiger partial charge in [0.25, 0.3) is 0 Å². The van der Waals surface area contributed by atoms with Crippen molar-refractivity contribution in [2.45, 2.75) is 45.6 Å². The molecule has 3 nitrogen and oxygen atoms in total. The van der Waals surface area contributed by atoms with E-state index in [-0.39, 0.29) is 5.54 Å². The van der Waals surface area contributed by atoms with E-state index in [1.165, 1.54) is 6.42 Å². The van der Waals surface area contributed by atoms with Crippen LogP contribution >= 0.6 is 0 Å². The molecule has 0 heterocycles. The van der Waals surface area contributed by atoms with Gasteiger partial charge in [-0.2, -0.15) is 0 Å². The maximum atomic E-state index is 5.79. The van der Waals surface area contributed by atoms with Crippen molar-refractivity contribution in [3.63, 3.8) is 0 Å². The van der Waals surface area contributed by atoms with Gasteiger partial charge in [0, 0.05) is 25.2 Å². The number of nitrogens with zero attached hydrogens (tertiary/aromatic N) is 1. The van der Waals surface area contributed by atoms with Crippen LogP contribution in [-0.2, 0) is 4.74 Å². The summed E-state index contributed by atoms with van der Waals surface area (Å²) in [7, 11) is 2.12. The normalized spacial score (nSPS) is 15.6. The fourth-order valence-corrected chi connectivity index (χ4v) is 1.39. The van der Waals surface area contributed by atoms with E-state index in [4.69, 9.17) is 10.5 Å². The highest BCUT2D eigenvalue weighted by Crippen LogP contribution is 2.15. The minimum absolute atomic E-state index is 0.119. The highest BCUT2D eigenvalue weighted by molar-refractivity contribution is 4.83. The lowest BCUT2D eigenvalue weighted by Gasteiger charge is -2.37. The average Bonchev–Trinajstić information content (AvgIpc) is 2.27. The number of unbranched alkanes of at least 4 members (excludes halogenated alkanes) is 1. The maximum Gasteiger partial charge on any atom is 0.0593 e. The van der Waals surface area contributed by atoms with Gasteiger partial charge in [0.1, 0.15) is 0 Å². The van der Waals surface area contributed by atoms with E-state index < -0.39 is 0 Å². The molecule has 0 aromatic rings. The lowest BCUT2D eigenvalue weighted by atomic mass is 9.97. The molecular formula is C12H28N2O. The monoisotopic (exact) mass is 216 g/mol. The second-order valence-electron chi connectivity index (χ2n) is 4.44. The molecule has 1 unspecified atom stereocenters. The largest absolute Gasteiger partial charge is 0.380 e. The highest BCUT2D eigenvalue weighted by atomic mass is 16.5. The minimum Gasteiger partial charge on any atom is -0.380 e. The minimum atomic E-state index is 0.119. The molecule has 0 amide bonds. The van der Waals surface area contributed by atoms with Crippen LogP contribution in [0.3, 0.4) is 0 Å². The van der Waals surface area contributed by atoms with Gasteiger partial charge in [0.2, 0.25) is 0 Å². The van der Waals surface area contributed by atoms with Crippen LogP contribution in [0.5, 0.6) is 0 Å². The number of likely N-dealkylation sites (N-methyl/N-ethyl adjacent to an activating group) is 1. The van der Waals surface area contributed by atoms with Gasteiger partial charge >= 0.3 is 0 Å². The molecule has 2 N–H and O–H groups in total. The fraction of sp³-hybridized carbons (Fsp3) is 1.00. The molecule has 0 saturated heterocycles. The topological polar surface area (TPSA) is 38.5 Å². The third kappa shape index (κ3) is 5.50. The Morgan fingerprint density at radius 3 is 2.40 bits per heavy atom. The summed E-state index contributed by atoms with van der Waals surface area (Å²) in [5.74, 6) is 0. The first-order valence-corrected chi connectivity index (χ1v) is 6.09. The molecule has 0 fully saturated rings. The van der Waals surface area contributed by atoms with Crippen LogP contribution in [0.15, 0.2) is 0 Å². The van der Waals surface area contributed by atoms with Crippen LogP contribution in [0.25, 0.3) is 0 Å². The third-order valence-corrected chi connectivity index (χ3v) is 3.34. The van der Waals surface area contributed by atoms with Crippen molar-refractivity contribution in [3.05, 3.63) is 0 Å². The first-order chi connectivity index (χ1) is 7.10. The fourth-order valence-electron chi connectivity index (χ4n) is 1.39. The van der Waals surface area contributed by atoms with Gasteiger partial charge in [-0.25, -0.2) is 0 Å². The Hall–Kier alpha value is -0.120. The summed E-state index contributed by atoms with van der Waals surface area (Å²) in [4.78, 5) is 2.30. The van der Waals surface area contributed by atoms with Gasteiger partial charge in [0.05, 0.1) is 6.61 Å². The highest BCUT2D eigenvalue weighted by Gasteiger charge is 2.24. The molecule has 0 aliphatic carbocycles. The second-order valence-corrected chi connectivity index (χ2v) is 4.44. The van der Waals surface area contributed by atoms with Crippen molar-refractivity contribution in [1.29, 1.82) is 0 Å². The number of nitrogens with two attached hydrogens (primary N) is 1. The lowest BCUT2D eigenvalue weighted by molar-refractivity contribution is 0.0676. The van der Waals surface area contributed by atoms with E-state index in [9.17, 15) is 0 Å². The van der Waals surface area contributed by atoms with Gasteiger partial charge in [-0.15, -0.1) is 0 Å². The quantitative estimate of drug-likeness (QED) is 0.598. The average molecular weight is 216 g/mol. The van der Waals surface area contributed by atoms with Gasteiger partial charge in [-0.1, -0.05) is 20.3 Å². The summed E-state index contributed by atoms with van der Waals surface area (Å²) >= 11 is 0. The smallest absolute Gasteiger partial charge is 0.0593 e. The molecule has 0 radical (unpaired) electrons. The van der Waals surface area contributed by atoms with Crippen molar-refractivity contribution in [2.24, 2.45) is 5.73 Å². The molecule has 92 valence electrons. The summed E-state index contributed by atoms with van der Waals surface area (Å²) in [5.41, 5.74) is 5.91. The standard InChI is InChI=1S/C12H28N2O/c1-5-7-9-15-10-8-14(4)12(3,6-2)11-13/h5-11,13H2,1-4H3. The number of hydrogen-bond acceptors (Lipinski definition) is 3. The Morgan fingerprint density at radius 1 is 1.27 bits per heavy atom. The molecule has 0 aliphatic heterocycles. The molecule has 0 spiro atoms. The summed E-state index contributed by atoms with van der Waals surface area (Å²) in [5, 5.41) is 0. The van der Waals surface area contributed by atoms with Crippen LogP contribution in [0, 0.1) is 0 Å². The number of ether oxygens (including phenoxy) is 1. The van der Waals surface area contributed by atoms with E-state index in [1.54, 1.807) is 0 Å². The molecule has 0 aromatic heterocycles. The van der Waals surface area contributed by atoms with E-state index in [1.807, 2.05) is 0 Å². The van der Waals surface area contributed by atoms with Crippen molar-refractivity contribution < 1.29 is 4.74 Å². The second kappa shape index (κ2) is 8.08. The summed E-state index contributed by atoms with van der Waals surface area (Å²) < 4.78 is 5.55. The van der Waals surface area contributed by atoms with Crippen LogP contribution in [0.2, 0.25) is 0 Å². The van der Waals surface area contributed by atoms with Gasteiger partial charge < -0.3 is 10.5 Å². The Morgan fingerprint density at radius 2 is 1.93 bits per heavy atom. The molecule has 15 heavy (non-hydrogen) atoms. The lowest BCUT2D eigenvalue weighted by Crippen LogP contribution is -2.50. The summed E-state index contributed by atoms with van der Waals surface area (Å²) in [6.45, 7) is 9.93. The van der Waals surface area contributed by atoms with Gasteiger partial charge in [-0.3, -0.25) is 4.90 Å². The van der Waals surface area contributed by atoms with Crippen molar-refractivity contribution >= 4 is 0 Å². The third-order valence-electron chi connectivity index (χ3n) is 3.34. The molecule has 3 heteroatoms. The predicted molar refractivity (Wildman–Crippen MR) is 66.1 cm³/mol. The Bertz CT molecular complexity index is 147. The van der Waals surface area contributed by atoms with Crippen molar-refractivity contribution in [1.82, 2.24) is 4.90 Å². The molecule has 0 rings (SSSR count). The Balaban J connectivity index is 3.67. The zero-order valence-corrected chi connectivity index (χ0v) is 10.9. The van der Waals surface area contributed by atoms with Crippen LogP contribution in [0.4, 0.5) is 0 Å². The van der Waals surface area contributed by atoms with Crippen LogP contribution in [-0.4, -0.2) is 43.8 Å². The molecule has 0 saturated carbocycles. The van der Waals surface area contributed by atoms with Gasteiger partial charge in [0.15, 0.2) is 0 Å². The Kier molecular flexibility index (Phi) is 8.02. The maximum absolute atomic E-state index is 5.79. The van der Waals surface area contributed by atoms with Crippen LogP contribution < -0.4 is 5.73 Å². The molecule has 1 atom stereocenters. The summed E-state index contributed by atoms with van der Waals surface area (Å²) in [6, 6.07) is 0. The zero-order valence-electron chi connectivity index (χ0n) is 10.9. The number of hydrogen-bond donors (Lipinski definition) is 1. The predicted octanol–water partition coefficient (Wildman–Crippen LogP) is 1.86. The van der Waals surface area contributed by atoms with E-state index >= 15 is 0 Å².